The maximum atomic E-state index is 13.2. The highest BCUT2D eigenvalue weighted by Crippen LogP contribution is 2.43. The van der Waals surface area contributed by atoms with Crippen molar-refractivity contribution in [2.45, 2.75) is 32.3 Å². The molecule has 170 valence electrons. The van der Waals surface area contributed by atoms with E-state index in [1.165, 1.54) is 11.3 Å². The monoisotopic (exact) mass is 480 g/mol. The van der Waals surface area contributed by atoms with E-state index in [0.717, 1.165) is 16.0 Å². The fraction of sp³-hybridized carbons (Fsp3) is 0.296. The Morgan fingerprint density at radius 1 is 1.00 bits per heavy atom. The van der Waals surface area contributed by atoms with Gasteiger partial charge < -0.3 is 4.74 Å². The van der Waals surface area contributed by atoms with Crippen LogP contribution in [0.15, 0.2) is 72.8 Å². The van der Waals surface area contributed by atoms with Crippen LogP contribution in [0.25, 0.3) is 0 Å². The molecule has 1 aliphatic carbocycles. The molecule has 2 aromatic carbocycles. The number of Topliss-reactive ketones (excluding diaryl/α,β-unsaturated/α-hetero) is 2. The van der Waals surface area contributed by atoms with Crippen LogP contribution in [-0.2, 0) is 32.1 Å². The Labute approximate surface area is 202 Å². The summed E-state index contributed by atoms with van der Waals surface area (Å²) in [6, 6.07) is 22.7. The number of hydrogen-bond acceptors (Lipinski definition) is 5. The fourth-order valence-electron chi connectivity index (χ4n) is 4.42. The molecule has 1 heterocycles. The molecule has 3 aromatic rings. The summed E-state index contributed by atoms with van der Waals surface area (Å²) in [7, 11) is 0. The molecule has 0 radical (unpaired) electrons. The SMILES string of the molecule is C[C@@H](CC(=O)C1C(=O)[C@H](Cc2ccc(Cl)s2)[C@H]1C(=O)OCc1ccccc1)c1ccccc1. The van der Waals surface area contributed by atoms with Gasteiger partial charge in [-0.1, -0.05) is 79.2 Å². The van der Waals surface area contributed by atoms with E-state index >= 15 is 0 Å². The number of ether oxygens (including phenoxy) is 1. The minimum Gasteiger partial charge on any atom is -0.461 e. The van der Waals surface area contributed by atoms with Crippen molar-refractivity contribution in [3.8, 4) is 0 Å². The summed E-state index contributed by atoms with van der Waals surface area (Å²) in [5.41, 5.74) is 1.89. The van der Waals surface area contributed by atoms with E-state index < -0.39 is 23.7 Å². The number of ketones is 2. The third kappa shape index (κ3) is 5.43. The fourth-order valence-corrected chi connectivity index (χ4v) is 5.56. The van der Waals surface area contributed by atoms with Gasteiger partial charge in [-0.25, -0.2) is 0 Å². The van der Waals surface area contributed by atoms with Gasteiger partial charge in [0.05, 0.1) is 16.2 Å². The number of hydrogen-bond donors (Lipinski definition) is 0. The topological polar surface area (TPSA) is 60.4 Å². The zero-order chi connectivity index (χ0) is 23.4. The molecule has 0 amide bonds. The lowest BCUT2D eigenvalue weighted by Gasteiger charge is -2.40. The molecular weight excluding hydrogens is 456 g/mol. The zero-order valence-corrected chi connectivity index (χ0v) is 19.9. The maximum Gasteiger partial charge on any atom is 0.311 e. The second-order valence-corrected chi connectivity index (χ2v) is 10.3. The van der Waals surface area contributed by atoms with Crippen LogP contribution < -0.4 is 0 Å². The van der Waals surface area contributed by atoms with Gasteiger partial charge in [0.1, 0.15) is 18.2 Å². The van der Waals surface area contributed by atoms with Crippen LogP contribution in [0.4, 0.5) is 0 Å². The van der Waals surface area contributed by atoms with Crippen LogP contribution in [0.5, 0.6) is 0 Å². The number of carbonyl (C=O) groups excluding carboxylic acids is 3. The summed E-state index contributed by atoms with van der Waals surface area (Å²) in [5.74, 6) is -3.18. The van der Waals surface area contributed by atoms with Gasteiger partial charge in [0, 0.05) is 17.2 Å². The minimum atomic E-state index is -0.945. The predicted molar refractivity (Wildman–Crippen MR) is 129 cm³/mol. The Hall–Kier alpha value is -2.76. The van der Waals surface area contributed by atoms with Crippen LogP contribution in [0.3, 0.4) is 0 Å². The number of rotatable bonds is 9. The summed E-state index contributed by atoms with van der Waals surface area (Å²) in [5, 5.41) is 0. The molecule has 1 aliphatic rings. The lowest BCUT2D eigenvalue weighted by atomic mass is 9.59. The quantitative estimate of drug-likeness (QED) is 0.283. The van der Waals surface area contributed by atoms with Gasteiger partial charge in [-0.05, 0) is 35.6 Å². The summed E-state index contributed by atoms with van der Waals surface area (Å²) in [4.78, 5) is 40.2. The highest BCUT2D eigenvalue weighted by Gasteiger charge is 2.57. The first kappa shape index (κ1) is 23.4. The van der Waals surface area contributed by atoms with Crippen molar-refractivity contribution in [3.05, 3.63) is 93.1 Å². The lowest BCUT2D eigenvalue weighted by molar-refractivity contribution is -0.171. The molecule has 4 nitrogen and oxygen atoms in total. The third-order valence-electron chi connectivity index (χ3n) is 6.23. The van der Waals surface area contributed by atoms with Gasteiger partial charge in [-0.2, -0.15) is 0 Å². The van der Waals surface area contributed by atoms with E-state index in [9.17, 15) is 14.4 Å². The number of thiophene rings is 1. The first-order valence-electron chi connectivity index (χ1n) is 11.0. The van der Waals surface area contributed by atoms with Gasteiger partial charge in [0.2, 0.25) is 0 Å². The Bertz CT molecular complexity index is 1130. The smallest absolute Gasteiger partial charge is 0.311 e. The van der Waals surface area contributed by atoms with Crippen molar-refractivity contribution >= 4 is 40.5 Å². The van der Waals surface area contributed by atoms with Gasteiger partial charge in [-0.3, -0.25) is 14.4 Å². The minimum absolute atomic E-state index is 0.0392. The summed E-state index contributed by atoms with van der Waals surface area (Å²) in [6.07, 6.45) is 0.597. The molecule has 4 atom stereocenters. The van der Waals surface area contributed by atoms with Crippen LogP contribution in [-0.4, -0.2) is 17.5 Å². The Morgan fingerprint density at radius 3 is 2.30 bits per heavy atom. The van der Waals surface area contributed by atoms with E-state index in [0.29, 0.717) is 10.8 Å². The average molecular weight is 481 g/mol. The average Bonchev–Trinajstić information content (AvgIpc) is 3.25. The number of esters is 1. The molecule has 0 aliphatic heterocycles. The Balaban J connectivity index is 1.49. The standard InChI is InChI=1S/C27H25ClO4S/c1-17(19-10-6-3-7-11-19)14-22(29)25-24(27(31)32-16-18-8-4-2-5-9-18)21(26(25)30)15-20-12-13-23(28)33-20/h2-13,17,21,24-25H,14-16H2,1H3/t17-,21+,24+,25?/m0/s1. The van der Waals surface area contributed by atoms with Crippen molar-refractivity contribution in [3.63, 3.8) is 0 Å². The van der Waals surface area contributed by atoms with Crippen molar-refractivity contribution < 1.29 is 19.1 Å². The molecular formula is C27H25ClO4S. The molecule has 0 spiro atoms. The summed E-state index contributed by atoms with van der Waals surface area (Å²) >= 11 is 7.43. The molecule has 33 heavy (non-hydrogen) atoms. The normalized spacial score (nSPS) is 20.7. The molecule has 6 heteroatoms. The van der Waals surface area contributed by atoms with E-state index in [2.05, 4.69) is 0 Å². The molecule has 4 rings (SSSR count). The second-order valence-electron chi connectivity index (χ2n) is 8.50. The van der Waals surface area contributed by atoms with Crippen molar-refractivity contribution in [2.24, 2.45) is 17.8 Å². The van der Waals surface area contributed by atoms with Gasteiger partial charge in [-0.15, -0.1) is 11.3 Å². The molecule has 0 bridgehead atoms. The highest BCUT2D eigenvalue weighted by molar-refractivity contribution is 7.16. The van der Waals surface area contributed by atoms with Crippen LogP contribution in [0.2, 0.25) is 4.34 Å². The number of benzene rings is 2. The van der Waals surface area contributed by atoms with E-state index in [4.69, 9.17) is 16.3 Å². The van der Waals surface area contributed by atoms with E-state index in [1.807, 2.05) is 73.7 Å². The van der Waals surface area contributed by atoms with Crippen molar-refractivity contribution in [2.75, 3.05) is 0 Å². The first-order chi connectivity index (χ1) is 15.9. The summed E-state index contributed by atoms with van der Waals surface area (Å²) in [6.45, 7) is 2.08. The van der Waals surface area contributed by atoms with Gasteiger partial charge in [0.15, 0.2) is 0 Å². The van der Waals surface area contributed by atoms with Crippen molar-refractivity contribution in [1.29, 1.82) is 0 Å². The van der Waals surface area contributed by atoms with E-state index in [1.54, 1.807) is 6.07 Å². The van der Waals surface area contributed by atoms with Crippen LogP contribution in [0.1, 0.15) is 35.3 Å². The molecule has 1 aromatic heterocycles. The van der Waals surface area contributed by atoms with Gasteiger partial charge >= 0.3 is 5.97 Å². The Kier molecular flexibility index (Phi) is 7.41. The molecule has 1 unspecified atom stereocenters. The molecule has 0 saturated heterocycles. The van der Waals surface area contributed by atoms with E-state index in [-0.39, 0.29) is 30.5 Å². The maximum absolute atomic E-state index is 13.2. The Morgan fingerprint density at radius 2 is 1.67 bits per heavy atom. The molecule has 0 N–H and O–H groups in total. The highest BCUT2D eigenvalue weighted by atomic mass is 35.5. The van der Waals surface area contributed by atoms with Gasteiger partial charge in [0.25, 0.3) is 0 Å². The second kappa shape index (κ2) is 10.4. The largest absolute Gasteiger partial charge is 0.461 e. The van der Waals surface area contributed by atoms with Crippen molar-refractivity contribution in [1.82, 2.24) is 0 Å². The van der Waals surface area contributed by atoms with Crippen LogP contribution >= 0.6 is 22.9 Å². The van der Waals surface area contributed by atoms with Crippen LogP contribution in [0, 0.1) is 17.8 Å². The number of carbonyl (C=O) groups is 3. The first-order valence-corrected chi connectivity index (χ1v) is 12.2. The third-order valence-corrected chi connectivity index (χ3v) is 7.49. The lowest BCUT2D eigenvalue weighted by Crippen LogP contribution is -2.56. The molecule has 1 fully saturated rings. The zero-order valence-electron chi connectivity index (χ0n) is 18.3. The molecule has 1 saturated carbocycles. The predicted octanol–water partition coefficient (Wildman–Crippen LogP) is 5.88. The number of halogens is 1. The summed E-state index contributed by atoms with van der Waals surface area (Å²) < 4.78 is 6.19.